The van der Waals surface area contributed by atoms with Gasteiger partial charge in [0.05, 0.1) is 26.4 Å². The van der Waals surface area contributed by atoms with Gasteiger partial charge in [-0.15, -0.1) is 0 Å². The van der Waals surface area contributed by atoms with Crippen molar-refractivity contribution in [2.45, 2.75) is 13.1 Å². The minimum absolute atomic E-state index is 0.866. The highest BCUT2D eigenvalue weighted by atomic mass is 16.5. The highest BCUT2D eigenvalue weighted by molar-refractivity contribution is 5.16. The maximum atomic E-state index is 5.41. The summed E-state index contributed by atoms with van der Waals surface area (Å²) in [5.41, 5.74) is 2.80. The van der Waals surface area contributed by atoms with Crippen LogP contribution in [-0.4, -0.2) is 67.0 Å². The maximum Gasteiger partial charge on any atom is 0.0594 e. The van der Waals surface area contributed by atoms with Gasteiger partial charge in [0.2, 0.25) is 0 Å². The van der Waals surface area contributed by atoms with Crippen LogP contribution in [0.15, 0.2) is 12.1 Å². The van der Waals surface area contributed by atoms with Crippen molar-refractivity contribution in [1.82, 2.24) is 14.4 Å². The molecule has 0 N–H and O–H groups in total. The van der Waals surface area contributed by atoms with Crippen molar-refractivity contribution >= 4 is 0 Å². The smallest absolute Gasteiger partial charge is 0.0594 e. The second-order valence-electron chi connectivity index (χ2n) is 5.65. The van der Waals surface area contributed by atoms with E-state index in [9.17, 15) is 0 Å². The molecule has 0 amide bonds. The van der Waals surface area contributed by atoms with Crippen molar-refractivity contribution < 1.29 is 9.47 Å². The van der Waals surface area contributed by atoms with E-state index in [0.717, 1.165) is 65.7 Å². The summed E-state index contributed by atoms with van der Waals surface area (Å²) in [6.07, 6.45) is 0. The van der Waals surface area contributed by atoms with Gasteiger partial charge in [-0.3, -0.25) is 9.80 Å². The number of ether oxygens (including phenoxy) is 2. The molecular weight excluding hydrogens is 254 g/mol. The number of aromatic nitrogens is 1. The molecule has 20 heavy (non-hydrogen) atoms. The third-order valence-electron chi connectivity index (χ3n) is 4.31. The molecule has 0 saturated carbocycles. The molecule has 3 rings (SSSR count). The Labute approximate surface area is 121 Å². The Bertz CT molecular complexity index is 383. The first-order chi connectivity index (χ1) is 9.83. The Balaban J connectivity index is 1.59. The monoisotopic (exact) mass is 279 g/mol. The SMILES string of the molecule is Cn1c(CN2CCOCC2)ccc1CN1CCOCC1. The van der Waals surface area contributed by atoms with Crippen molar-refractivity contribution in [2.24, 2.45) is 7.05 Å². The zero-order valence-electron chi connectivity index (χ0n) is 12.4. The molecule has 1 aromatic heterocycles. The van der Waals surface area contributed by atoms with E-state index in [2.05, 4.69) is 33.5 Å². The molecule has 0 aromatic carbocycles. The highest BCUT2D eigenvalue weighted by Crippen LogP contribution is 2.14. The summed E-state index contributed by atoms with van der Waals surface area (Å²) in [5.74, 6) is 0. The van der Waals surface area contributed by atoms with E-state index in [1.165, 1.54) is 11.4 Å². The number of hydrogen-bond donors (Lipinski definition) is 0. The molecule has 112 valence electrons. The van der Waals surface area contributed by atoms with E-state index in [1.807, 2.05) is 0 Å². The van der Waals surface area contributed by atoms with Crippen LogP contribution in [0.1, 0.15) is 11.4 Å². The van der Waals surface area contributed by atoms with Crippen LogP contribution < -0.4 is 0 Å². The number of rotatable bonds is 4. The predicted octanol–water partition coefficient (Wildman–Crippen LogP) is 0.690. The van der Waals surface area contributed by atoms with Gasteiger partial charge in [-0.25, -0.2) is 0 Å². The summed E-state index contributed by atoms with van der Waals surface area (Å²) in [6.45, 7) is 9.71. The Morgan fingerprint density at radius 1 is 0.800 bits per heavy atom. The average Bonchev–Trinajstić information content (AvgIpc) is 2.83. The van der Waals surface area contributed by atoms with Crippen LogP contribution >= 0.6 is 0 Å². The largest absolute Gasteiger partial charge is 0.379 e. The molecule has 0 spiro atoms. The molecule has 2 fully saturated rings. The lowest BCUT2D eigenvalue weighted by Crippen LogP contribution is -2.37. The summed E-state index contributed by atoms with van der Waals surface area (Å²) in [4.78, 5) is 4.94. The van der Waals surface area contributed by atoms with Crippen molar-refractivity contribution in [3.8, 4) is 0 Å². The quantitative estimate of drug-likeness (QED) is 0.811. The van der Waals surface area contributed by atoms with Crippen LogP contribution in [0.2, 0.25) is 0 Å². The van der Waals surface area contributed by atoms with Crippen LogP contribution in [0.5, 0.6) is 0 Å². The summed E-state index contributed by atoms with van der Waals surface area (Å²) in [7, 11) is 2.19. The second kappa shape index (κ2) is 6.72. The first-order valence-corrected chi connectivity index (χ1v) is 7.56. The van der Waals surface area contributed by atoms with E-state index in [1.54, 1.807) is 0 Å². The van der Waals surface area contributed by atoms with Crippen LogP contribution in [0.4, 0.5) is 0 Å². The minimum Gasteiger partial charge on any atom is -0.379 e. The standard InChI is InChI=1S/C15H25N3O2/c1-16-14(12-17-4-8-19-9-5-17)2-3-15(16)13-18-6-10-20-11-7-18/h2-3H,4-13H2,1H3. The zero-order valence-corrected chi connectivity index (χ0v) is 12.4. The lowest BCUT2D eigenvalue weighted by molar-refractivity contribution is 0.0318. The molecule has 0 atom stereocenters. The molecule has 5 heteroatoms. The second-order valence-corrected chi connectivity index (χ2v) is 5.65. The molecule has 0 radical (unpaired) electrons. The van der Waals surface area contributed by atoms with Gasteiger partial charge < -0.3 is 14.0 Å². The fourth-order valence-electron chi connectivity index (χ4n) is 2.89. The van der Waals surface area contributed by atoms with Crippen molar-refractivity contribution in [3.05, 3.63) is 23.5 Å². The predicted molar refractivity (Wildman–Crippen MR) is 77.6 cm³/mol. The molecule has 0 bridgehead atoms. The molecule has 3 heterocycles. The Morgan fingerprint density at radius 2 is 1.20 bits per heavy atom. The van der Waals surface area contributed by atoms with Crippen LogP contribution in [0, 0.1) is 0 Å². The van der Waals surface area contributed by atoms with Gasteiger partial charge >= 0.3 is 0 Å². The van der Waals surface area contributed by atoms with Crippen molar-refractivity contribution in [1.29, 1.82) is 0 Å². The molecule has 1 aromatic rings. The summed E-state index contributed by atoms with van der Waals surface area (Å²) in [6, 6.07) is 4.54. The number of hydrogen-bond acceptors (Lipinski definition) is 4. The normalized spacial score (nSPS) is 22.2. The van der Waals surface area contributed by atoms with E-state index in [-0.39, 0.29) is 0 Å². The highest BCUT2D eigenvalue weighted by Gasteiger charge is 2.16. The molecule has 2 aliphatic heterocycles. The van der Waals surface area contributed by atoms with Gasteiger partial charge in [0.25, 0.3) is 0 Å². The van der Waals surface area contributed by atoms with Crippen LogP contribution in [0.3, 0.4) is 0 Å². The van der Waals surface area contributed by atoms with Gasteiger partial charge in [0.1, 0.15) is 0 Å². The zero-order chi connectivity index (χ0) is 13.8. The first-order valence-electron chi connectivity index (χ1n) is 7.56. The maximum absolute atomic E-state index is 5.41. The van der Waals surface area contributed by atoms with E-state index in [0.29, 0.717) is 0 Å². The number of nitrogens with zero attached hydrogens (tertiary/aromatic N) is 3. The van der Waals surface area contributed by atoms with Crippen molar-refractivity contribution in [2.75, 3.05) is 52.6 Å². The van der Waals surface area contributed by atoms with Gasteiger partial charge in [0.15, 0.2) is 0 Å². The minimum atomic E-state index is 0.866. The average molecular weight is 279 g/mol. The van der Waals surface area contributed by atoms with Gasteiger partial charge in [-0.2, -0.15) is 0 Å². The number of morpholine rings is 2. The van der Waals surface area contributed by atoms with Crippen molar-refractivity contribution in [3.63, 3.8) is 0 Å². The summed E-state index contributed by atoms with van der Waals surface area (Å²) < 4.78 is 13.2. The van der Waals surface area contributed by atoms with Gasteiger partial charge in [0, 0.05) is 57.7 Å². The fourth-order valence-corrected chi connectivity index (χ4v) is 2.89. The molecule has 0 aliphatic carbocycles. The molecule has 2 saturated heterocycles. The van der Waals surface area contributed by atoms with E-state index < -0.39 is 0 Å². The molecular formula is C15H25N3O2. The topological polar surface area (TPSA) is 29.9 Å². The molecule has 2 aliphatic rings. The third kappa shape index (κ3) is 3.41. The third-order valence-corrected chi connectivity index (χ3v) is 4.31. The van der Waals surface area contributed by atoms with E-state index >= 15 is 0 Å². The first kappa shape index (κ1) is 14.1. The van der Waals surface area contributed by atoms with Gasteiger partial charge in [-0.05, 0) is 12.1 Å². The Morgan fingerprint density at radius 3 is 1.60 bits per heavy atom. The lowest BCUT2D eigenvalue weighted by atomic mass is 10.3. The van der Waals surface area contributed by atoms with E-state index in [4.69, 9.17) is 9.47 Å². The lowest BCUT2D eigenvalue weighted by Gasteiger charge is -2.28. The van der Waals surface area contributed by atoms with Gasteiger partial charge in [-0.1, -0.05) is 0 Å². The molecule has 0 unspecified atom stereocenters. The summed E-state index contributed by atoms with van der Waals surface area (Å²) >= 11 is 0. The molecule has 5 nitrogen and oxygen atoms in total. The van der Waals surface area contributed by atoms with Crippen LogP contribution in [-0.2, 0) is 29.6 Å². The summed E-state index contributed by atoms with van der Waals surface area (Å²) in [5, 5.41) is 0. The Hall–Kier alpha value is -0.880. The Kier molecular flexibility index (Phi) is 4.73. The van der Waals surface area contributed by atoms with Crippen LogP contribution in [0.25, 0.3) is 0 Å². The fraction of sp³-hybridized carbons (Fsp3) is 0.733.